The average Bonchev–Trinajstić information content (AvgIpc) is 3.28. The molecule has 5 aromatic carbocycles. The minimum Gasteiger partial charge on any atom is -0.506 e. The smallest absolute Gasteiger partial charge is 0.296 e. The molecule has 364 valence electrons. The largest absolute Gasteiger partial charge is 0.506 e. The molecule has 0 amide bonds. The van der Waals surface area contributed by atoms with Gasteiger partial charge in [0, 0.05) is 40.7 Å². The number of allylic oxidation sites excluding steroid dienone is 2. The number of fused-ring (bicyclic) bond motifs is 2. The van der Waals surface area contributed by atoms with Gasteiger partial charge in [-0.2, -0.15) is 42.0 Å². The maximum absolute atomic E-state index is 13.7. The van der Waals surface area contributed by atoms with Crippen molar-refractivity contribution in [3.8, 4) is 11.5 Å². The van der Waals surface area contributed by atoms with E-state index in [1.54, 1.807) is 30.3 Å². The molecule has 0 saturated carbocycles. The Bertz CT molecular complexity index is 3640. The lowest BCUT2D eigenvalue weighted by molar-refractivity contribution is 0.105. The highest BCUT2D eigenvalue weighted by atomic mass is 32.2. The number of anilines is 8. The highest BCUT2D eigenvalue weighted by molar-refractivity contribution is 7.92. The van der Waals surface area contributed by atoms with E-state index in [1.807, 2.05) is 0 Å². The Morgan fingerprint density at radius 1 is 0.479 bits per heavy atom. The molecule has 28 heteroatoms. The molecule has 0 fully saturated rings. The van der Waals surface area contributed by atoms with Gasteiger partial charge >= 0.3 is 0 Å². The van der Waals surface area contributed by atoms with Gasteiger partial charge in [0.1, 0.15) is 21.3 Å². The van der Waals surface area contributed by atoms with Gasteiger partial charge in [-0.1, -0.05) is 18.2 Å². The lowest BCUT2D eigenvalue weighted by atomic mass is 9.94. The Balaban J connectivity index is 1.10. The summed E-state index contributed by atoms with van der Waals surface area (Å²) in [7, 11) is -17.8. The molecule has 1 aromatic heterocycles. The summed E-state index contributed by atoms with van der Waals surface area (Å²) in [6, 6.07) is 23.2. The first-order valence-electron chi connectivity index (χ1n) is 19.9. The zero-order valence-electron chi connectivity index (χ0n) is 36.2. The predicted octanol–water partition coefficient (Wildman–Crippen LogP) is 5.11. The van der Waals surface area contributed by atoms with E-state index in [-0.39, 0.29) is 72.6 Å². The lowest BCUT2D eigenvalue weighted by Gasteiger charge is -2.18. The Hall–Kier alpha value is -8.41. The Morgan fingerprint density at radius 2 is 0.859 bits per heavy atom. The molecule has 0 aliphatic heterocycles. The summed E-state index contributed by atoms with van der Waals surface area (Å²) in [6.45, 7) is 0. The number of hydrazone groups is 2. The van der Waals surface area contributed by atoms with Crippen LogP contribution in [0.1, 0.15) is 31.8 Å². The second kappa shape index (κ2) is 18.5. The zero-order chi connectivity index (χ0) is 51.2. The van der Waals surface area contributed by atoms with Crippen LogP contribution in [0.5, 0.6) is 11.5 Å². The van der Waals surface area contributed by atoms with Crippen molar-refractivity contribution in [3.63, 3.8) is 0 Å². The molecule has 24 nitrogen and oxygen atoms in total. The van der Waals surface area contributed by atoms with Crippen molar-refractivity contribution in [1.82, 2.24) is 15.0 Å². The molecule has 2 aliphatic carbocycles. The van der Waals surface area contributed by atoms with Gasteiger partial charge in [0.2, 0.25) is 29.4 Å². The number of phenols is 2. The summed E-state index contributed by atoms with van der Waals surface area (Å²) in [5.41, 5.74) is 3.21. The van der Waals surface area contributed by atoms with E-state index in [0.29, 0.717) is 5.69 Å². The van der Waals surface area contributed by atoms with Gasteiger partial charge in [-0.25, -0.2) is 16.8 Å². The summed E-state index contributed by atoms with van der Waals surface area (Å²) in [5.74, 6) is -3.21. The van der Waals surface area contributed by atoms with Crippen LogP contribution >= 0.6 is 0 Å². The summed E-state index contributed by atoms with van der Waals surface area (Å²) in [5, 5.41) is 37.2. The molecule has 0 radical (unpaired) electrons. The highest BCUT2D eigenvalue weighted by Gasteiger charge is 2.35. The van der Waals surface area contributed by atoms with E-state index in [0.717, 1.165) is 61.1 Å². The number of benzene rings is 5. The van der Waals surface area contributed by atoms with Crippen LogP contribution in [0, 0.1) is 0 Å². The second-order valence-corrected chi connectivity index (χ2v) is 22.1. The number of hydrogen-bond acceptors (Lipinski definition) is 22. The number of hydrogen-bond donors (Lipinski definition) is 9. The number of nitrogens with zero attached hydrogens (tertiary/aromatic N) is 5. The van der Waals surface area contributed by atoms with Crippen LogP contribution in [-0.4, -0.2) is 103 Å². The second-order valence-electron chi connectivity index (χ2n) is 15.3. The predicted molar refractivity (Wildman–Crippen MR) is 261 cm³/mol. The molecule has 0 unspecified atom stereocenters. The third-order valence-corrected chi connectivity index (χ3v) is 14.1. The molecule has 0 spiro atoms. The standard InChI is InChI=1S/C43H34N10O14S4/c1-68(58,59)27-10-14-33(54)31(20-27)50-52-37-35(70(62,63)64)18-22-16-25(8-12-29(22)39(37)56)45-42-47-41(44-24-6-4-3-5-7-24)48-43(49-42)46-26-9-13-30-23(17-26)19-36(71(65,66)67)38(40(30)57)53-51-32-21-28(69(2,60)61)11-15-34(32)55/h3-21,50-51,54-55H,1-2H3,(H,62,63,64)(H,65,66,67)(H3,44,45,46,47,48,49)/b52-37-,53-38+. The fourth-order valence-corrected chi connectivity index (χ4v) is 9.40. The molecule has 0 bridgehead atoms. The monoisotopic (exact) mass is 1040 g/mol. The Kier molecular flexibility index (Phi) is 12.8. The Morgan fingerprint density at radius 3 is 1.23 bits per heavy atom. The van der Waals surface area contributed by atoms with Gasteiger partial charge in [-0.05, 0) is 108 Å². The first-order valence-corrected chi connectivity index (χ1v) is 26.6. The maximum Gasteiger partial charge on any atom is 0.296 e. The molecule has 9 N–H and O–H groups in total. The number of sulfone groups is 2. The van der Waals surface area contributed by atoms with Crippen molar-refractivity contribution < 1.29 is 62.6 Å². The number of para-hydroxylation sites is 1. The fourth-order valence-electron chi connectivity index (χ4n) is 6.79. The van der Waals surface area contributed by atoms with Crippen LogP contribution in [0.2, 0.25) is 0 Å². The molecular weight excluding hydrogens is 1010 g/mol. The normalized spacial score (nSPS) is 15.0. The fraction of sp³-hybridized carbons (Fsp3) is 0.0465. The van der Waals surface area contributed by atoms with Crippen LogP contribution in [-0.2, 0) is 39.9 Å². The van der Waals surface area contributed by atoms with E-state index in [9.17, 15) is 62.6 Å². The van der Waals surface area contributed by atoms with Gasteiger partial charge in [0.15, 0.2) is 31.1 Å². The topological polar surface area (TPSA) is 375 Å². The van der Waals surface area contributed by atoms with Crippen molar-refractivity contribution >= 4 is 121 Å². The van der Waals surface area contributed by atoms with E-state index in [1.165, 1.54) is 36.4 Å². The minimum absolute atomic E-state index is 0.00672. The summed E-state index contributed by atoms with van der Waals surface area (Å²) < 4.78 is 119. The van der Waals surface area contributed by atoms with Gasteiger partial charge in [0.05, 0.1) is 21.2 Å². The van der Waals surface area contributed by atoms with Crippen molar-refractivity contribution in [3.05, 3.63) is 135 Å². The quantitative estimate of drug-likeness (QED) is 0.0389. The van der Waals surface area contributed by atoms with Crippen molar-refractivity contribution in [1.29, 1.82) is 0 Å². The number of phenolic OH excluding ortho intramolecular Hbond substituents is 2. The first-order chi connectivity index (χ1) is 33.3. The summed E-state index contributed by atoms with van der Waals surface area (Å²) >= 11 is 0. The third kappa shape index (κ3) is 10.9. The Labute approximate surface area is 403 Å². The van der Waals surface area contributed by atoms with Crippen molar-refractivity contribution in [2.45, 2.75) is 9.79 Å². The molecule has 1 heterocycles. The number of carbonyl (C=O) groups excluding carboxylic acids is 2. The number of ketones is 2. The first kappa shape index (κ1) is 49.0. The maximum atomic E-state index is 13.7. The zero-order valence-corrected chi connectivity index (χ0v) is 39.5. The van der Waals surface area contributed by atoms with Crippen LogP contribution in [0.3, 0.4) is 0 Å². The number of Topliss-reactive ketones (excluding diaryl/α,β-unsaturated/α-hetero) is 2. The van der Waals surface area contributed by atoms with Crippen molar-refractivity contribution in [2.75, 3.05) is 39.3 Å². The van der Waals surface area contributed by atoms with Gasteiger partial charge in [-0.15, -0.1) is 0 Å². The highest BCUT2D eigenvalue weighted by Crippen LogP contribution is 2.34. The molecule has 6 aromatic rings. The number of aromatic nitrogens is 3. The van der Waals surface area contributed by atoms with Crippen LogP contribution in [0.25, 0.3) is 12.2 Å². The van der Waals surface area contributed by atoms with E-state index in [2.05, 4.69) is 52.0 Å². The van der Waals surface area contributed by atoms with Crippen LogP contribution < -0.4 is 26.8 Å². The molecular formula is C43H34N10O14S4. The number of carbonyl (C=O) groups is 2. The van der Waals surface area contributed by atoms with E-state index < -0.39 is 84.2 Å². The molecule has 0 saturated heterocycles. The minimum atomic E-state index is -5.14. The van der Waals surface area contributed by atoms with Gasteiger partial charge < -0.3 is 26.2 Å². The molecule has 0 atom stereocenters. The SMILES string of the molecule is CS(=O)(=O)c1ccc(O)c(N/N=C2/C(=O)c3ccc(Nc4nc(Nc5ccccc5)nc(Nc5ccc6c(c5)C=C(S(=O)(=O)O)/C(=N/Nc5cc(S(C)(=O)=O)ccc5O)C6=O)n4)cc3C=C2S(=O)(=O)O)c1. The summed E-state index contributed by atoms with van der Waals surface area (Å²) in [4.78, 5) is 38.4. The third-order valence-electron chi connectivity index (χ3n) is 10.2. The van der Waals surface area contributed by atoms with Crippen LogP contribution in [0.15, 0.2) is 133 Å². The van der Waals surface area contributed by atoms with E-state index in [4.69, 9.17) is 0 Å². The average molecular weight is 1040 g/mol. The van der Waals surface area contributed by atoms with Gasteiger partial charge in [-0.3, -0.25) is 29.5 Å². The lowest BCUT2D eigenvalue weighted by Crippen LogP contribution is -2.27. The van der Waals surface area contributed by atoms with Crippen molar-refractivity contribution in [2.24, 2.45) is 10.2 Å². The summed E-state index contributed by atoms with van der Waals surface area (Å²) in [6.07, 6.45) is 3.76. The van der Waals surface area contributed by atoms with Crippen LogP contribution in [0.4, 0.5) is 46.3 Å². The molecule has 2 aliphatic rings. The molecule has 71 heavy (non-hydrogen) atoms. The van der Waals surface area contributed by atoms with Gasteiger partial charge in [0.25, 0.3) is 20.2 Å². The molecule has 8 rings (SSSR count). The number of rotatable bonds is 14. The van der Waals surface area contributed by atoms with E-state index >= 15 is 0 Å². The number of aromatic hydroxyl groups is 2. The number of nitrogens with one attached hydrogen (secondary N) is 5.